The third-order valence-electron chi connectivity index (χ3n) is 4.68. The van der Waals surface area contributed by atoms with Crippen molar-refractivity contribution in [2.24, 2.45) is 5.92 Å². The van der Waals surface area contributed by atoms with Crippen LogP contribution in [0.15, 0.2) is 48.9 Å². The van der Waals surface area contributed by atoms with Crippen LogP contribution in [0.25, 0.3) is 0 Å². The van der Waals surface area contributed by atoms with Gasteiger partial charge >= 0.3 is 0 Å². The Morgan fingerprint density at radius 3 is 2.69 bits per heavy atom. The van der Waals surface area contributed by atoms with Crippen molar-refractivity contribution < 1.29 is 14.4 Å². The summed E-state index contributed by atoms with van der Waals surface area (Å²) in [4.78, 5) is 47.9. The van der Waals surface area contributed by atoms with Crippen molar-refractivity contribution >= 4 is 23.4 Å². The van der Waals surface area contributed by atoms with Gasteiger partial charge in [-0.25, -0.2) is 4.98 Å². The normalized spacial score (nSPS) is 18.0. The summed E-state index contributed by atoms with van der Waals surface area (Å²) in [6.07, 6.45) is 4.42. The summed E-state index contributed by atoms with van der Waals surface area (Å²) < 4.78 is 0. The van der Waals surface area contributed by atoms with E-state index in [1.165, 1.54) is 35.4 Å². The van der Waals surface area contributed by atoms with E-state index in [2.05, 4.69) is 21.4 Å². The van der Waals surface area contributed by atoms with E-state index in [-0.39, 0.29) is 31.1 Å². The molecule has 1 fully saturated rings. The van der Waals surface area contributed by atoms with Crippen LogP contribution in [0.4, 0.5) is 5.69 Å². The fourth-order valence-electron chi connectivity index (χ4n) is 3.16. The van der Waals surface area contributed by atoms with E-state index >= 15 is 0 Å². The molecule has 1 saturated heterocycles. The summed E-state index contributed by atoms with van der Waals surface area (Å²) in [7, 11) is 1.48. The highest BCUT2D eigenvalue weighted by Gasteiger charge is 2.39. The van der Waals surface area contributed by atoms with Gasteiger partial charge in [-0.15, -0.1) is 0 Å². The lowest BCUT2D eigenvalue weighted by Crippen LogP contribution is -2.43. The highest BCUT2D eigenvalue weighted by molar-refractivity contribution is 5.96. The second-order valence-corrected chi connectivity index (χ2v) is 6.73. The van der Waals surface area contributed by atoms with Crippen molar-refractivity contribution in [3.05, 3.63) is 54.6 Å². The SMILES string of the molecule is CN(CC(=O)N1CC(C(=O)Nc2ccccc2)CC1C#N)C(=O)c1cnccn1. The van der Waals surface area contributed by atoms with Gasteiger partial charge in [0.2, 0.25) is 11.8 Å². The first-order chi connectivity index (χ1) is 14.0. The van der Waals surface area contributed by atoms with Gasteiger partial charge in [0.15, 0.2) is 0 Å². The number of anilines is 1. The Morgan fingerprint density at radius 2 is 2.03 bits per heavy atom. The first-order valence-corrected chi connectivity index (χ1v) is 9.06. The van der Waals surface area contributed by atoms with Crippen molar-refractivity contribution in [3.8, 4) is 6.07 Å². The molecule has 3 amide bonds. The van der Waals surface area contributed by atoms with Gasteiger partial charge < -0.3 is 15.1 Å². The molecule has 9 heteroatoms. The van der Waals surface area contributed by atoms with Crippen LogP contribution >= 0.6 is 0 Å². The standard InChI is InChI=1S/C20H20N6O3/c1-25(20(29)17-11-22-7-8-23-17)13-18(27)26-12-14(9-16(26)10-21)19(28)24-15-5-3-2-4-6-15/h2-8,11,14,16H,9,12-13H2,1H3,(H,24,28). The molecule has 0 spiro atoms. The molecule has 1 N–H and O–H groups in total. The molecular weight excluding hydrogens is 372 g/mol. The Balaban J connectivity index is 1.62. The predicted octanol–water partition coefficient (Wildman–Crippen LogP) is 0.928. The van der Waals surface area contributed by atoms with E-state index in [9.17, 15) is 19.6 Å². The molecule has 0 saturated carbocycles. The van der Waals surface area contributed by atoms with Crippen molar-refractivity contribution in [1.82, 2.24) is 19.8 Å². The summed E-state index contributed by atoms with van der Waals surface area (Å²) in [6.45, 7) is -0.0937. The Kier molecular flexibility index (Phi) is 6.14. The molecule has 2 atom stereocenters. The van der Waals surface area contributed by atoms with Crippen LogP contribution in [0.1, 0.15) is 16.9 Å². The lowest BCUT2D eigenvalue weighted by molar-refractivity contribution is -0.131. The fraction of sp³-hybridized carbons (Fsp3) is 0.300. The van der Waals surface area contributed by atoms with Crippen molar-refractivity contribution in [1.29, 1.82) is 5.26 Å². The number of carbonyl (C=O) groups is 3. The molecule has 3 rings (SSSR count). The molecule has 1 aliphatic rings. The van der Waals surface area contributed by atoms with Crippen molar-refractivity contribution in [3.63, 3.8) is 0 Å². The third-order valence-corrected chi connectivity index (χ3v) is 4.68. The van der Waals surface area contributed by atoms with Gasteiger partial charge in [0.05, 0.1) is 24.7 Å². The molecule has 0 radical (unpaired) electrons. The molecule has 148 valence electrons. The summed E-state index contributed by atoms with van der Waals surface area (Å²) in [5, 5.41) is 12.2. The molecule has 2 unspecified atom stereocenters. The number of nitrogens with zero attached hydrogens (tertiary/aromatic N) is 5. The van der Waals surface area contributed by atoms with Crippen molar-refractivity contribution in [2.75, 3.05) is 25.5 Å². The Bertz CT molecular complexity index is 928. The first kappa shape index (κ1) is 19.9. The van der Waals surface area contributed by atoms with Crippen LogP contribution in [0.5, 0.6) is 0 Å². The summed E-state index contributed by atoms with van der Waals surface area (Å²) in [6, 6.07) is 10.4. The number of benzene rings is 1. The zero-order chi connectivity index (χ0) is 20.8. The van der Waals surface area contributed by atoms with Crippen LogP contribution in [-0.4, -0.2) is 63.7 Å². The van der Waals surface area contributed by atoms with Gasteiger partial charge in [0.25, 0.3) is 5.91 Å². The molecule has 1 aromatic heterocycles. The molecule has 0 aliphatic carbocycles. The van der Waals surface area contributed by atoms with Gasteiger partial charge in [-0.3, -0.25) is 19.4 Å². The second-order valence-electron chi connectivity index (χ2n) is 6.73. The maximum Gasteiger partial charge on any atom is 0.274 e. The fourth-order valence-corrected chi connectivity index (χ4v) is 3.16. The highest BCUT2D eigenvalue weighted by atomic mass is 16.2. The summed E-state index contributed by atoms with van der Waals surface area (Å²) in [5.74, 6) is -1.58. The number of likely N-dealkylation sites (N-methyl/N-ethyl adjacent to an activating group) is 1. The second kappa shape index (κ2) is 8.93. The number of para-hydroxylation sites is 1. The summed E-state index contributed by atoms with van der Waals surface area (Å²) in [5.41, 5.74) is 0.784. The summed E-state index contributed by atoms with van der Waals surface area (Å²) >= 11 is 0. The van der Waals surface area contributed by atoms with Crippen LogP contribution in [0, 0.1) is 17.2 Å². The van der Waals surface area contributed by atoms with E-state index in [4.69, 9.17) is 0 Å². The number of aromatic nitrogens is 2. The number of likely N-dealkylation sites (tertiary alicyclic amines) is 1. The number of hydrogen-bond acceptors (Lipinski definition) is 6. The molecule has 2 heterocycles. The Labute approximate surface area is 168 Å². The van der Waals surface area contributed by atoms with Gasteiger partial charge in [0, 0.05) is 31.7 Å². The van der Waals surface area contributed by atoms with Gasteiger partial charge in [-0.2, -0.15) is 5.26 Å². The zero-order valence-electron chi connectivity index (χ0n) is 15.9. The predicted molar refractivity (Wildman–Crippen MR) is 103 cm³/mol. The number of carbonyl (C=O) groups excluding carboxylic acids is 3. The van der Waals surface area contributed by atoms with Crippen LogP contribution in [0.3, 0.4) is 0 Å². The number of hydrogen-bond donors (Lipinski definition) is 1. The molecule has 9 nitrogen and oxygen atoms in total. The molecule has 29 heavy (non-hydrogen) atoms. The smallest absolute Gasteiger partial charge is 0.274 e. The number of nitrogens with one attached hydrogen (secondary N) is 1. The van der Waals surface area contributed by atoms with E-state index in [1.54, 1.807) is 12.1 Å². The molecular formula is C20H20N6O3. The van der Waals surface area contributed by atoms with E-state index in [0.717, 1.165) is 0 Å². The zero-order valence-corrected chi connectivity index (χ0v) is 15.9. The van der Waals surface area contributed by atoms with E-state index in [0.29, 0.717) is 5.69 Å². The van der Waals surface area contributed by atoms with Gasteiger partial charge in [-0.05, 0) is 18.6 Å². The maximum absolute atomic E-state index is 12.7. The molecule has 2 aromatic rings. The van der Waals surface area contributed by atoms with Crippen LogP contribution < -0.4 is 5.32 Å². The quantitative estimate of drug-likeness (QED) is 0.808. The minimum Gasteiger partial charge on any atom is -0.331 e. The molecule has 0 bridgehead atoms. The number of rotatable bonds is 5. The third kappa shape index (κ3) is 4.73. The number of amides is 3. The lowest BCUT2D eigenvalue weighted by atomic mass is 10.1. The minimum atomic E-state index is -0.714. The Morgan fingerprint density at radius 1 is 1.28 bits per heavy atom. The maximum atomic E-state index is 12.7. The lowest BCUT2D eigenvalue weighted by Gasteiger charge is -2.23. The average Bonchev–Trinajstić information content (AvgIpc) is 3.19. The van der Waals surface area contributed by atoms with Crippen LogP contribution in [0.2, 0.25) is 0 Å². The first-order valence-electron chi connectivity index (χ1n) is 9.06. The molecule has 1 aliphatic heterocycles. The van der Waals surface area contributed by atoms with E-state index in [1.807, 2.05) is 18.2 Å². The van der Waals surface area contributed by atoms with Gasteiger partial charge in [-0.1, -0.05) is 18.2 Å². The monoisotopic (exact) mass is 392 g/mol. The van der Waals surface area contributed by atoms with Gasteiger partial charge in [0.1, 0.15) is 11.7 Å². The largest absolute Gasteiger partial charge is 0.331 e. The molecule has 1 aromatic carbocycles. The minimum absolute atomic E-state index is 0.126. The van der Waals surface area contributed by atoms with E-state index < -0.39 is 23.8 Å². The number of nitriles is 1. The topological polar surface area (TPSA) is 119 Å². The highest BCUT2D eigenvalue weighted by Crippen LogP contribution is 2.24. The Hall–Kier alpha value is -3.80. The van der Waals surface area contributed by atoms with Crippen molar-refractivity contribution in [2.45, 2.75) is 12.5 Å². The van der Waals surface area contributed by atoms with Crippen LogP contribution in [-0.2, 0) is 9.59 Å². The average molecular weight is 392 g/mol.